The van der Waals surface area contributed by atoms with E-state index in [0.29, 0.717) is 0 Å². The number of nitrogens with two attached hydrogens (primary N) is 1. The van der Waals surface area contributed by atoms with Crippen LogP contribution in [0.1, 0.15) is 51.4 Å². The van der Waals surface area contributed by atoms with Gasteiger partial charge in [-0.3, -0.25) is 5.41 Å². The number of amidine groups is 1. The average molecular weight is 273 g/mol. The molecule has 0 aromatic rings. The minimum atomic E-state index is -3.27. The minimum absolute atomic E-state index is 0.0523. The van der Waals surface area contributed by atoms with Gasteiger partial charge in [0.1, 0.15) is 5.84 Å². The molecule has 0 aromatic heterocycles. The first kappa shape index (κ1) is 13.8. The highest BCUT2D eigenvalue weighted by Gasteiger charge is 2.38. The van der Waals surface area contributed by atoms with Crippen molar-refractivity contribution in [3.8, 4) is 0 Å². The van der Waals surface area contributed by atoms with Crippen LogP contribution in [0.2, 0.25) is 0 Å². The highest BCUT2D eigenvalue weighted by Crippen LogP contribution is 2.32. The summed E-state index contributed by atoms with van der Waals surface area (Å²) >= 11 is 0. The molecule has 2 aliphatic carbocycles. The van der Waals surface area contributed by atoms with Crippen molar-refractivity contribution in [2.75, 3.05) is 6.54 Å². The lowest BCUT2D eigenvalue weighted by molar-refractivity contribution is 0.348. The van der Waals surface area contributed by atoms with Crippen LogP contribution in [-0.2, 0) is 10.0 Å². The van der Waals surface area contributed by atoms with Crippen molar-refractivity contribution in [3.05, 3.63) is 0 Å². The van der Waals surface area contributed by atoms with Gasteiger partial charge in [-0.15, -0.1) is 0 Å². The topological polar surface area (TPSA) is 87.2 Å². The minimum Gasteiger partial charge on any atom is -0.387 e. The van der Waals surface area contributed by atoms with Crippen LogP contribution in [0.15, 0.2) is 0 Å². The maximum Gasteiger partial charge on any atom is 0.217 e. The summed E-state index contributed by atoms with van der Waals surface area (Å²) in [5, 5.41) is 7.17. The van der Waals surface area contributed by atoms with Gasteiger partial charge < -0.3 is 5.73 Å². The zero-order valence-corrected chi connectivity index (χ0v) is 11.6. The SMILES string of the molecule is N=C(N)CN(C1CCCC1)S(=O)(=O)C1CCCC1. The Labute approximate surface area is 109 Å². The van der Waals surface area contributed by atoms with Crippen LogP contribution < -0.4 is 5.73 Å². The van der Waals surface area contributed by atoms with Crippen LogP contribution in [0.3, 0.4) is 0 Å². The Morgan fingerprint density at radius 1 is 1.11 bits per heavy atom. The molecule has 3 N–H and O–H groups in total. The molecule has 0 radical (unpaired) electrons. The molecule has 0 bridgehead atoms. The molecule has 2 aliphatic rings. The summed E-state index contributed by atoms with van der Waals surface area (Å²) in [5.74, 6) is -0.0523. The molecule has 0 amide bonds. The zero-order chi connectivity index (χ0) is 13.2. The molecule has 104 valence electrons. The molecule has 0 unspecified atom stereocenters. The molecule has 2 saturated carbocycles. The third kappa shape index (κ3) is 2.85. The van der Waals surface area contributed by atoms with Gasteiger partial charge in [0.2, 0.25) is 10.0 Å². The van der Waals surface area contributed by atoms with Gasteiger partial charge in [0, 0.05) is 6.04 Å². The fraction of sp³-hybridized carbons (Fsp3) is 0.917. The number of hydrogen-bond acceptors (Lipinski definition) is 3. The standard InChI is InChI=1S/C12H23N3O2S/c13-12(14)9-15(10-5-1-2-6-10)18(16,17)11-7-3-4-8-11/h10-11H,1-9H2,(H3,13,14). The zero-order valence-electron chi connectivity index (χ0n) is 10.8. The summed E-state index contributed by atoms with van der Waals surface area (Å²) < 4.78 is 26.8. The quantitative estimate of drug-likeness (QED) is 0.587. The van der Waals surface area contributed by atoms with Crippen LogP contribution in [0, 0.1) is 5.41 Å². The summed E-state index contributed by atoms with van der Waals surface area (Å²) in [6.07, 6.45) is 7.54. The molecule has 0 spiro atoms. The first-order valence-electron chi connectivity index (χ1n) is 6.85. The van der Waals surface area contributed by atoms with E-state index < -0.39 is 10.0 Å². The number of nitrogens with one attached hydrogen (secondary N) is 1. The van der Waals surface area contributed by atoms with Gasteiger partial charge in [-0.1, -0.05) is 25.7 Å². The molecular formula is C12H23N3O2S. The Bertz CT molecular complexity index is 396. The Morgan fingerprint density at radius 2 is 1.61 bits per heavy atom. The number of sulfonamides is 1. The monoisotopic (exact) mass is 273 g/mol. The lowest BCUT2D eigenvalue weighted by Crippen LogP contribution is -2.47. The lowest BCUT2D eigenvalue weighted by atomic mass is 10.2. The first-order valence-corrected chi connectivity index (χ1v) is 8.35. The van der Waals surface area contributed by atoms with Crippen LogP contribution in [0.25, 0.3) is 0 Å². The Balaban J connectivity index is 2.18. The summed E-state index contributed by atoms with van der Waals surface area (Å²) in [4.78, 5) is 0. The second-order valence-electron chi connectivity index (χ2n) is 5.46. The van der Waals surface area contributed by atoms with Crippen LogP contribution >= 0.6 is 0 Å². The molecule has 0 saturated heterocycles. The summed E-state index contributed by atoms with van der Waals surface area (Å²) in [6, 6.07) is 0.0690. The second-order valence-corrected chi connectivity index (χ2v) is 7.63. The molecule has 2 rings (SSSR count). The smallest absolute Gasteiger partial charge is 0.217 e. The third-order valence-corrected chi connectivity index (χ3v) is 6.50. The van der Waals surface area contributed by atoms with E-state index in [9.17, 15) is 8.42 Å². The maximum atomic E-state index is 12.6. The van der Waals surface area contributed by atoms with E-state index in [1.165, 1.54) is 4.31 Å². The van der Waals surface area contributed by atoms with Gasteiger partial charge >= 0.3 is 0 Å². The molecule has 6 heteroatoms. The van der Waals surface area contributed by atoms with Gasteiger partial charge in [0.15, 0.2) is 0 Å². The molecule has 5 nitrogen and oxygen atoms in total. The molecular weight excluding hydrogens is 250 g/mol. The Kier molecular flexibility index (Phi) is 4.27. The fourth-order valence-corrected chi connectivity index (χ4v) is 5.42. The predicted octanol–water partition coefficient (Wildman–Crippen LogP) is 1.44. The Morgan fingerprint density at radius 3 is 2.11 bits per heavy atom. The fourth-order valence-electron chi connectivity index (χ4n) is 3.16. The summed E-state index contributed by atoms with van der Waals surface area (Å²) in [5.41, 5.74) is 5.43. The summed E-state index contributed by atoms with van der Waals surface area (Å²) in [7, 11) is -3.27. The highest BCUT2D eigenvalue weighted by atomic mass is 32.2. The number of nitrogens with zero attached hydrogens (tertiary/aromatic N) is 1. The van der Waals surface area contributed by atoms with Gasteiger partial charge in [-0.2, -0.15) is 4.31 Å². The van der Waals surface area contributed by atoms with Crippen LogP contribution in [-0.4, -0.2) is 36.4 Å². The van der Waals surface area contributed by atoms with E-state index in [-0.39, 0.29) is 23.7 Å². The normalized spacial score (nSPS) is 22.9. The predicted molar refractivity (Wildman–Crippen MR) is 72.1 cm³/mol. The van der Waals surface area contributed by atoms with Gasteiger partial charge in [-0.25, -0.2) is 8.42 Å². The maximum absolute atomic E-state index is 12.6. The van der Waals surface area contributed by atoms with Crippen molar-refractivity contribution in [2.24, 2.45) is 5.73 Å². The van der Waals surface area contributed by atoms with Crippen molar-refractivity contribution >= 4 is 15.9 Å². The van der Waals surface area contributed by atoms with Crippen molar-refractivity contribution in [3.63, 3.8) is 0 Å². The lowest BCUT2D eigenvalue weighted by Gasteiger charge is -2.30. The Hall–Kier alpha value is -0.620. The van der Waals surface area contributed by atoms with E-state index in [1.54, 1.807) is 0 Å². The second kappa shape index (κ2) is 5.57. The van der Waals surface area contributed by atoms with Gasteiger partial charge in [0.25, 0.3) is 0 Å². The van der Waals surface area contributed by atoms with Crippen molar-refractivity contribution in [2.45, 2.75) is 62.7 Å². The molecule has 0 atom stereocenters. The molecule has 0 aliphatic heterocycles. The largest absolute Gasteiger partial charge is 0.387 e. The van der Waals surface area contributed by atoms with E-state index >= 15 is 0 Å². The van der Waals surface area contributed by atoms with Crippen molar-refractivity contribution in [1.29, 1.82) is 5.41 Å². The molecule has 0 heterocycles. The highest BCUT2D eigenvalue weighted by molar-refractivity contribution is 7.89. The van der Waals surface area contributed by atoms with Gasteiger partial charge in [0.05, 0.1) is 11.8 Å². The van der Waals surface area contributed by atoms with E-state index in [1.807, 2.05) is 0 Å². The van der Waals surface area contributed by atoms with E-state index in [0.717, 1.165) is 51.4 Å². The van der Waals surface area contributed by atoms with Crippen LogP contribution in [0.5, 0.6) is 0 Å². The van der Waals surface area contributed by atoms with Crippen LogP contribution in [0.4, 0.5) is 0 Å². The average Bonchev–Trinajstić information content (AvgIpc) is 2.98. The van der Waals surface area contributed by atoms with Gasteiger partial charge in [-0.05, 0) is 25.7 Å². The molecule has 0 aromatic carbocycles. The molecule has 2 fully saturated rings. The third-order valence-electron chi connectivity index (χ3n) is 4.11. The van der Waals surface area contributed by atoms with E-state index in [2.05, 4.69) is 0 Å². The number of hydrogen-bond donors (Lipinski definition) is 2. The molecule has 18 heavy (non-hydrogen) atoms. The number of rotatable bonds is 5. The first-order chi connectivity index (χ1) is 8.51. The van der Waals surface area contributed by atoms with E-state index in [4.69, 9.17) is 11.1 Å². The van der Waals surface area contributed by atoms with Crippen molar-refractivity contribution in [1.82, 2.24) is 4.31 Å². The summed E-state index contributed by atoms with van der Waals surface area (Å²) in [6.45, 7) is 0.0729. The van der Waals surface area contributed by atoms with Crippen molar-refractivity contribution < 1.29 is 8.42 Å².